The number of nitrogens with zero attached hydrogens (tertiary/aromatic N) is 3. The summed E-state index contributed by atoms with van der Waals surface area (Å²) in [6.45, 7) is 4.14. The van der Waals surface area contributed by atoms with Gasteiger partial charge in [0, 0.05) is 51.9 Å². The summed E-state index contributed by atoms with van der Waals surface area (Å²) in [6.07, 6.45) is 9.62. The molecule has 1 aromatic carbocycles. The lowest BCUT2D eigenvalue weighted by molar-refractivity contribution is 0.242. The van der Waals surface area contributed by atoms with Crippen molar-refractivity contribution in [1.82, 2.24) is 19.8 Å². The number of benzene rings is 1. The molecule has 1 aromatic rings. The third kappa shape index (κ3) is 5.59. The first-order valence-electron chi connectivity index (χ1n) is 11.9. The van der Waals surface area contributed by atoms with Crippen LogP contribution in [0.15, 0.2) is 34.2 Å². The Morgan fingerprint density at radius 3 is 2.39 bits per heavy atom. The van der Waals surface area contributed by atoms with Crippen LogP contribution in [-0.2, 0) is 16.6 Å². The summed E-state index contributed by atoms with van der Waals surface area (Å²) in [5.41, 5.74) is 1.04. The zero-order chi connectivity index (χ0) is 21.7. The van der Waals surface area contributed by atoms with E-state index in [-0.39, 0.29) is 0 Å². The fraction of sp³-hybridized carbons (Fsp3) is 0.696. The van der Waals surface area contributed by atoms with Gasteiger partial charge in [-0.1, -0.05) is 31.4 Å². The lowest BCUT2D eigenvalue weighted by Crippen LogP contribution is -2.45. The molecule has 0 aromatic heterocycles. The predicted molar refractivity (Wildman–Crippen MR) is 125 cm³/mol. The van der Waals surface area contributed by atoms with Crippen molar-refractivity contribution in [2.75, 3.05) is 33.2 Å². The minimum absolute atomic E-state index is 0.388. The summed E-state index contributed by atoms with van der Waals surface area (Å²) in [5.74, 6) is 0.809. The van der Waals surface area contributed by atoms with Gasteiger partial charge in [-0.05, 0) is 49.8 Å². The molecule has 0 spiro atoms. The maximum absolute atomic E-state index is 12.8. The summed E-state index contributed by atoms with van der Waals surface area (Å²) in [5, 5.41) is 6.94. The highest BCUT2D eigenvalue weighted by atomic mass is 32.2. The highest BCUT2D eigenvalue weighted by molar-refractivity contribution is 7.89. The number of hydrogen-bond donors (Lipinski definition) is 2. The molecular formula is C23H37N5O2S. The van der Waals surface area contributed by atoms with Crippen LogP contribution in [0.4, 0.5) is 0 Å². The third-order valence-corrected chi connectivity index (χ3v) is 8.87. The zero-order valence-corrected chi connectivity index (χ0v) is 19.5. The van der Waals surface area contributed by atoms with E-state index in [2.05, 4.69) is 20.5 Å². The normalized spacial score (nSPS) is 24.5. The highest BCUT2D eigenvalue weighted by Gasteiger charge is 2.30. The van der Waals surface area contributed by atoms with Gasteiger partial charge >= 0.3 is 0 Å². The minimum Gasteiger partial charge on any atom is -0.352 e. The molecule has 1 aliphatic carbocycles. The van der Waals surface area contributed by atoms with Crippen LogP contribution in [0, 0.1) is 0 Å². The average molecular weight is 448 g/mol. The molecule has 172 valence electrons. The minimum atomic E-state index is -3.37. The molecule has 2 N–H and O–H groups in total. The molecule has 0 amide bonds. The molecule has 0 radical (unpaired) electrons. The molecule has 2 heterocycles. The summed E-state index contributed by atoms with van der Waals surface area (Å²) in [4.78, 5) is 7.41. The summed E-state index contributed by atoms with van der Waals surface area (Å²) in [7, 11) is -1.57. The first kappa shape index (κ1) is 22.6. The summed E-state index contributed by atoms with van der Waals surface area (Å²) >= 11 is 0. The SMILES string of the molecule is CN=C(NCc1ccc(S(=O)(=O)N2CCCCC2)cc1)NC1CCN(C2CCCC2)C1. The standard InChI is InChI=1S/C23H37N5O2S/c1-24-23(26-20-13-16-27(18-20)21-7-3-4-8-21)25-17-19-9-11-22(12-10-19)31(29,30)28-14-5-2-6-15-28/h9-12,20-21H,2-8,13-18H2,1H3,(H2,24,25,26). The van der Waals surface area contributed by atoms with E-state index >= 15 is 0 Å². The molecule has 8 heteroatoms. The van der Waals surface area contributed by atoms with Crippen LogP contribution in [0.3, 0.4) is 0 Å². The van der Waals surface area contributed by atoms with Gasteiger partial charge in [-0.2, -0.15) is 4.31 Å². The number of guanidine groups is 1. The van der Waals surface area contributed by atoms with Crippen molar-refractivity contribution < 1.29 is 8.42 Å². The molecule has 1 atom stereocenters. The average Bonchev–Trinajstić information content (AvgIpc) is 3.49. The number of sulfonamides is 1. The van der Waals surface area contributed by atoms with Crippen LogP contribution in [0.2, 0.25) is 0 Å². The van der Waals surface area contributed by atoms with Crippen molar-refractivity contribution in [3.05, 3.63) is 29.8 Å². The Hall–Kier alpha value is -1.64. The van der Waals surface area contributed by atoms with E-state index < -0.39 is 10.0 Å². The Balaban J connectivity index is 1.27. The third-order valence-electron chi connectivity index (χ3n) is 6.96. The first-order chi connectivity index (χ1) is 15.1. The van der Waals surface area contributed by atoms with Crippen molar-refractivity contribution in [1.29, 1.82) is 0 Å². The Kier molecular flexibility index (Phi) is 7.51. The van der Waals surface area contributed by atoms with Crippen LogP contribution < -0.4 is 10.6 Å². The van der Waals surface area contributed by atoms with Gasteiger partial charge < -0.3 is 10.6 Å². The molecule has 2 saturated heterocycles. The second kappa shape index (κ2) is 10.3. The number of rotatable bonds is 6. The number of hydrogen-bond acceptors (Lipinski definition) is 4. The Morgan fingerprint density at radius 1 is 1.00 bits per heavy atom. The molecule has 1 unspecified atom stereocenters. The van der Waals surface area contributed by atoms with Gasteiger partial charge in [-0.3, -0.25) is 9.89 Å². The van der Waals surface area contributed by atoms with Gasteiger partial charge in [0.15, 0.2) is 5.96 Å². The Labute approximate surface area is 187 Å². The molecule has 3 fully saturated rings. The quantitative estimate of drug-likeness (QED) is 0.518. The van der Waals surface area contributed by atoms with Crippen LogP contribution in [-0.4, -0.2) is 68.9 Å². The number of likely N-dealkylation sites (tertiary alicyclic amines) is 1. The molecule has 2 aliphatic heterocycles. The molecule has 0 bridgehead atoms. The van der Waals surface area contributed by atoms with Crippen molar-refractivity contribution in [3.63, 3.8) is 0 Å². The van der Waals surface area contributed by atoms with Crippen LogP contribution in [0.5, 0.6) is 0 Å². The van der Waals surface area contributed by atoms with Crippen LogP contribution in [0.1, 0.15) is 56.9 Å². The van der Waals surface area contributed by atoms with Gasteiger partial charge in [0.25, 0.3) is 0 Å². The van der Waals surface area contributed by atoms with Gasteiger partial charge in [0.05, 0.1) is 4.90 Å². The van der Waals surface area contributed by atoms with E-state index in [0.717, 1.165) is 49.8 Å². The maximum atomic E-state index is 12.8. The fourth-order valence-corrected chi connectivity index (χ4v) is 6.63. The van der Waals surface area contributed by atoms with Crippen LogP contribution >= 0.6 is 0 Å². The summed E-state index contributed by atoms with van der Waals surface area (Å²) in [6, 6.07) is 8.47. The molecule has 1 saturated carbocycles. The molecular weight excluding hydrogens is 410 g/mol. The second-order valence-corrected chi connectivity index (χ2v) is 11.0. The maximum Gasteiger partial charge on any atom is 0.243 e. The van der Waals surface area contributed by atoms with Gasteiger partial charge in [0.2, 0.25) is 10.0 Å². The lowest BCUT2D eigenvalue weighted by Gasteiger charge is -2.26. The van der Waals surface area contributed by atoms with E-state index in [1.165, 1.54) is 32.2 Å². The van der Waals surface area contributed by atoms with E-state index in [1.54, 1.807) is 23.5 Å². The number of piperidine rings is 1. The topological polar surface area (TPSA) is 77.0 Å². The Morgan fingerprint density at radius 2 is 1.71 bits per heavy atom. The largest absolute Gasteiger partial charge is 0.352 e. The molecule has 31 heavy (non-hydrogen) atoms. The lowest BCUT2D eigenvalue weighted by atomic mass is 10.2. The van der Waals surface area contributed by atoms with Crippen LogP contribution in [0.25, 0.3) is 0 Å². The van der Waals surface area contributed by atoms with E-state index in [0.29, 0.717) is 30.6 Å². The van der Waals surface area contributed by atoms with Crippen molar-refractivity contribution >= 4 is 16.0 Å². The van der Waals surface area contributed by atoms with Crippen molar-refractivity contribution in [3.8, 4) is 0 Å². The first-order valence-corrected chi connectivity index (χ1v) is 13.3. The highest BCUT2D eigenvalue weighted by Crippen LogP contribution is 2.26. The molecule has 7 nitrogen and oxygen atoms in total. The van der Waals surface area contributed by atoms with E-state index in [4.69, 9.17) is 0 Å². The fourth-order valence-electron chi connectivity index (χ4n) is 5.11. The zero-order valence-electron chi connectivity index (χ0n) is 18.7. The molecule has 3 aliphatic rings. The monoisotopic (exact) mass is 447 g/mol. The Bertz CT molecular complexity index is 843. The smallest absolute Gasteiger partial charge is 0.243 e. The summed E-state index contributed by atoms with van der Waals surface area (Å²) < 4.78 is 27.2. The van der Waals surface area contributed by atoms with Gasteiger partial charge in [-0.15, -0.1) is 0 Å². The van der Waals surface area contributed by atoms with Crippen molar-refractivity contribution in [2.24, 2.45) is 4.99 Å². The molecule has 4 rings (SSSR count). The van der Waals surface area contributed by atoms with Gasteiger partial charge in [0.1, 0.15) is 0 Å². The van der Waals surface area contributed by atoms with Crippen molar-refractivity contribution in [2.45, 2.75) is 74.9 Å². The van der Waals surface area contributed by atoms with E-state index in [9.17, 15) is 8.42 Å². The second-order valence-electron chi connectivity index (χ2n) is 9.10. The van der Waals surface area contributed by atoms with E-state index in [1.807, 2.05) is 12.1 Å². The number of aliphatic imine (C=N–C) groups is 1. The number of nitrogens with one attached hydrogen (secondary N) is 2. The van der Waals surface area contributed by atoms with Gasteiger partial charge in [-0.25, -0.2) is 8.42 Å². The predicted octanol–water partition coefficient (Wildman–Crippen LogP) is 2.54.